The van der Waals surface area contributed by atoms with Crippen molar-refractivity contribution in [1.82, 2.24) is 0 Å². The van der Waals surface area contributed by atoms with E-state index in [1.54, 1.807) is 6.08 Å². The van der Waals surface area contributed by atoms with Gasteiger partial charge in [0, 0.05) is 12.5 Å². The maximum atomic E-state index is 11.1. The van der Waals surface area contributed by atoms with E-state index in [0.717, 1.165) is 16.9 Å². The van der Waals surface area contributed by atoms with Crippen molar-refractivity contribution in [2.75, 3.05) is 20.8 Å². The predicted octanol–water partition coefficient (Wildman–Crippen LogP) is 2.51. The van der Waals surface area contributed by atoms with Gasteiger partial charge in [0.1, 0.15) is 5.75 Å². The normalized spacial score (nSPS) is 10.4. The predicted molar refractivity (Wildman–Crippen MR) is 79.0 cm³/mol. The molecule has 0 fully saturated rings. The molecule has 0 amide bonds. The molecule has 1 rings (SSSR count). The third-order valence-corrected chi connectivity index (χ3v) is 2.84. The molecule has 114 valence electrons. The van der Waals surface area contributed by atoms with E-state index in [-0.39, 0.29) is 5.97 Å². The van der Waals surface area contributed by atoms with Gasteiger partial charge in [0.15, 0.2) is 0 Å². The lowest BCUT2D eigenvalue weighted by molar-refractivity contribution is -0.140. The SMILES string of the molecule is COC(=O)/C=C/c1ccc(C)c(OCCCC(=O)OC)c1. The molecule has 0 unspecified atom stereocenters. The van der Waals surface area contributed by atoms with Crippen LogP contribution in [0.5, 0.6) is 5.75 Å². The van der Waals surface area contributed by atoms with Crippen LogP contribution in [-0.2, 0) is 19.1 Å². The second kappa shape index (κ2) is 8.79. The number of hydrogen-bond donors (Lipinski definition) is 0. The first-order valence-corrected chi connectivity index (χ1v) is 6.63. The number of hydrogen-bond acceptors (Lipinski definition) is 5. The lowest BCUT2D eigenvalue weighted by atomic mass is 10.1. The largest absolute Gasteiger partial charge is 0.493 e. The van der Waals surface area contributed by atoms with Crippen LogP contribution in [-0.4, -0.2) is 32.8 Å². The Morgan fingerprint density at radius 2 is 1.95 bits per heavy atom. The van der Waals surface area contributed by atoms with Crippen LogP contribution in [0.25, 0.3) is 6.08 Å². The number of ether oxygens (including phenoxy) is 3. The lowest BCUT2D eigenvalue weighted by Crippen LogP contribution is -2.05. The molecule has 0 saturated carbocycles. The molecule has 0 aliphatic rings. The van der Waals surface area contributed by atoms with Crippen molar-refractivity contribution >= 4 is 18.0 Å². The molecule has 0 heterocycles. The van der Waals surface area contributed by atoms with E-state index in [0.29, 0.717) is 19.4 Å². The van der Waals surface area contributed by atoms with E-state index < -0.39 is 5.97 Å². The Morgan fingerprint density at radius 1 is 1.19 bits per heavy atom. The standard InChI is InChI=1S/C16H20O5/c1-12-6-7-13(8-9-16(18)20-3)11-14(12)21-10-4-5-15(17)19-2/h6-9,11H,4-5,10H2,1-3H3/b9-8+. The summed E-state index contributed by atoms with van der Waals surface area (Å²) < 4.78 is 14.7. The highest BCUT2D eigenvalue weighted by Gasteiger charge is 2.03. The molecule has 5 heteroatoms. The minimum Gasteiger partial charge on any atom is -0.493 e. The van der Waals surface area contributed by atoms with Crippen LogP contribution in [0, 0.1) is 6.92 Å². The average molecular weight is 292 g/mol. The van der Waals surface area contributed by atoms with Gasteiger partial charge in [0.2, 0.25) is 0 Å². The second-order valence-corrected chi connectivity index (χ2v) is 4.41. The molecule has 5 nitrogen and oxygen atoms in total. The molecule has 0 radical (unpaired) electrons. The summed E-state index contributed by atoms with van der Waals surface area (Å²) in [5.41, 5.74) is 1.83. The summed E-state index contributed by atoms with van der Waals surface area (Å²) in [4.78, 5) is 22.0. The highest BCUT2D eigenvalue weighted by atomic mass is 16.5. The van der Waals surface area contributed by atoms with Gasteiger partial charge in [-0.25, -0.2) is 4.79 Å². The number of methoxy groups -OCH3 is 2. The third-order valence-electron chi connectivity index (χ3n) is 2.84. The smallest absolute Gasteiger partial charge is 0.330 e. The maximum Gasteiger partial charge on any atom is 0.330 e. The summed E-state index contributed by atoms with van der Waals surface area (Å²) in [6.07, 6.45) is 3.93. The molecular formula is C16H20O5. The fraction of sp³-hybridized carbons (Fsp3) is 0.375. The van der Waals surface area contributed by atoms with Gasteiger partial charge in [-0.05, 0) is 36.6 Å². The molecule has 1 aromatic rings. The van der Waals surface area contributed by atoms with Crippen molar-refractivity contribution in [1.29, 1.82) is 0 Å². The minimum atomic E-state index is -0.406. The summed E-state index contributed by atoms with van der Waals surface area (Å²) in [7, 11) is 2.70. The van der Waals surface area contributed by atoms with Gasteiger partial charge in [0.05, 0.1) is 20.8 Å². The Balaban J connectivity index is 2.59. The fourth-order valence-corrected chi connectivity index (χ4v) is 1.61. The van der Waals surface area contributed by atoms with Crippen molar-refractivity contribution in [2.45, 2.75) is 19.8 Å². The first-order valence-electron chi connectivity index (χ1n) is 6.63. The van der Waals surface area contributed by atoms with E-state index in [4.69, 9.17) is 4.74 Å². The molecule has 0 saturated heterocycles. The van der Waals surface area contributed by atoms with Gasteiger partial charge in [-0.3, -0.25) is 4.79 Å². The zero-order valence-electron chi connectivity index (χ0n) is 12.5. The molecule has 0 spiro atoms. The maximum absolute atomic E-state index is 11.1. The monoisotopic (exact) mass is 292 g/mol. The van der Waals surface area contributed by atoms with Crippen molar-refractivity contribution in [2.24, 2.45) is 0 Å². The van der Waals surface area contributed by atoms with Crippen molar-refractivity contribution in [3.05, 3.63) is 35.4 Å². The zero-order valence-corrected chi connectivity index (χ0v) is 12.5. The van der Waals surface area contributed by atoms with Crippen LogP contribution in [0.2, 0.25) is 0 Å². The van der Waals surface area contributed by atoms with Gasteiger partial charge in [-0.15, -0.1) is 0 Å². The number of esters is 2. The van der Waals surface area contributed by atoms with E-state index in [1.165, 1.54) is 20.3 Å². The summed E-state index contributed by atoms with van der Waals surface area (Å²) in [6.45, 7) is 2.36. The average Bonchev–Trinajstić information content (AvgIpc) is 2.50. The molecular weight excluding hydrogens is 272 g/mol. The van der Waals surface area contributed by atoms with Crippen molar-refractivity contribution < 1.29 is 23.8 Å². The molecule has 0 aliphatic carbocycles. The van der Waals surface area contributed by atoms with Gasteiger partial charge >= 0.3 is 11.9 Å². The molecule has 0 bridgehead atoms. The Morgan fingerprint density at radius 3 is 2.62 bits per heavy atom. The summed E-state index contributed by atoms with van der Waals surface area (Å²) in [5, 5.41) is 0. The number of carbonyl (C=O) groups is 2. The van der Waals surface area contributed by atoms with Crippen LogP contribution < -0.4 is 4.74 Å². The Hall–Kier alpha value is -2.30. The molecule has 0 aliphatic heterocycles. The topological polar surface area (TPSA) is 61.8 Å². The summed E-state index contributed by atoms with van der Waals surface area (Å²) in [6, 6.07) is 5.63. The van der Waals surface area contributed by atoms with Crippen LogP contribution in [0.3, 0.4) is 0 Å². The highest BCUT2D eigenvalue weighted by molar-refractivity contribution is 5.87. The van der Waals surface area contributed by atoms with Crippen LogP contribution in [0.1, 0.15) is 24.0 Å². The molecule has 0 aromatic heterocycles. The summed E-state index contributed by atoms with van der Waals surface area (Å²) >= 11 is 0. The van der Waals surface area contributed by atoms with E-state index in [2.05, 4.69) is 9.47 Å². The lowest BCUT2D eigenvalue weighted by Gasteiger charge is -2.09. The highest BCUT2D eigenvalue weighted by Crippen LogP contribution is 2.20. The van der Waals surface area contributed by atoms with E-state index in [1.807, 2.05) is 25.1 Å². The quantitative estimate of drug-likeness (QED) is 0.439. The first kappa shape index (κ1) is 16.8. The number of rotatable bonds is 7. The zero-order chi connectivity index (χ0) is 15.7. The first-order chi connectivity index (χ1) is 10.1. The summed E-state index contributed by atoms with van der Waals surface area (Å²) in [5.74, 6) is 0.0769. The fourth-order valence-electron chi connectivity index (χ4n) is 1.61. The molecule has 21 heavy (non-hydrogen) atoms. The van der Waals surface area contributed by atoms with Crippen LogP contribution >= 0.6 is 0 Å². The molecule has 1 aromatic carbocycles. The van der Waals surface area contributed by atoms with Crippen molar-refractivity contribution in [3.8, 4) is 5.75 Å². The van der Waals surface area contributed by atoms with E-state index >= 15 is 0 Å². The van der Waals surface area contributed by atoms with Crippen LogP contribution in [0.4, 0.5) is 0 Å². The van der Waals surface area contributed by atoms with E-state index in [9.17, 15) is 9.59 Å². The molecule has 0 N–H and O–H groups in total. The van der Waals surface area contributed by atoms with Gasteiger partial charge in [0.25, 0.3) is 0 Å². The third kappa shape index (κ3) is 6.12. The Kier molecular flexibility index (Phi) is 7.01. The minimum absolute atomic E-state index is 0.245. The van der Waals surface area contributed by atoms with Crippen molar-refractivity contribution in [3.63, 3.8) is 0 Å². The second-order valence-electron chi connectivity index (χ2n) is 4.41. The Labute approximate surface area is 124 Å². The number of carbonyl (C=O) groups excluding carboxylic acids is 2. The molecule has 0 atom stereocenters. The Bertz CT molecular complexity index is 519. The van der Waals surface area contributed by atoms with Gasteiger partial charge in [-0.1, -0.05) is 12.1 Å². The van der Waals surface area contributed by atoms with Crippen LogP contribution in [0.15, 0.2) is 24.3 Å². The van der Waals surface area contributed by atoms with Gasteiger partial charge in [-0.2, -0.15) is 0 Å². The van der Waals surface area contributed by atoms with Gasteiger partial charge < -0.3 is 14.2 Å². The number of benzene rings is 1. The number of aryl methyl sites for hydroxylation is 1.